The first kappa shape index (κ1) is 6.97. The van der Waals surface area contributed by atoms with Crippen molar-refractivity contribution in [2.45, 2.75) is 0 Å². The Morgan fingerprint density at radius 3 is 2.50 bits per heavy atom. The van der Waals surface area contributed by atoms with Gasteiger partial charge in [0, 0.05) is 0 Å². The molecular weight excluding hydrogens is 157 g/mol. The van der Waals surface area contributed by atoms with Crippen molar-refractivity contribution in [3.63, 3.8) is 0 Å². The van der Waals surface area contributed by atoms with E-state index in [1.54, 1.807) is 12.1 Å². The highest BCUT2D eigenvalue weighted by molar-refractivity contribution is 5.29. The third-order valence-corrected chi connectivity index (χ3v) is 1.51. The summed E-state index contributed by atoms with van der Waals surface area (Å²) in [5, 5.41) is 3.72. The van der Waals surface area contributed by atoms with Crippen molar-refractivity contribution in [1.29, 1.82) is 0 Å². The Labute approximate surface area is 68.5 Å². The van der Waals surface area contributed by atoms with Gasteiger partial charge in [-0.25, -0.2) is 0 Å². The molecular formula is C8H6FN3. The van der Waals surface area contributed by atoms with Crippen molar-refractivity contribution in [2.75, 3.05) is 0 Å². The summed E-state index contributed by atoms with van der Waals surface area (Å²) in [5.41, 5.74) is 0.674. The van der Waals surface area contributed by atoms with E-state index in [-0.39, 0.29) is 0 Å². The first-order chi connectivity index (χ1) is 5.88. The molecule has 60 valence electrons. The second-order valence-electron chi connectivity index (χ2n) is 2.28. The van der Waals surface area contributed by atoms with Gasteiger partial charge in [-0.15, -0.1) is 0 Å². The first-order valence-corrected chi connectivity index (χ1v) is 3.49. The van der Waals surface area contributed by atoms with Crippen molar-refractivity contribution >= 4 is 0 Å². The number of rotatable bonds is 1. The number of nitrogens with zero attached hydrogens (tertiary/aromatic N) is 3. The van der Waals surface area contributed by atoms with E-state index in [4.69, 9.17) is 0 Å². The quantitative estimate of drug-likeness (QED) is 0.636. The van der Waals surface area contributed by atoms with Crippen LogP contribution < -0.4 is 0 Å². The average Bonchev–Trinajstić information content (AvgIpc) is 2.53. The standard InChI is InChI=1S/C8H6FN3/c9-8-10-6-11-12(8)7-4-2-1-3-5-7/h1-6H. The van der Waals surface area contributed by atoms with Crippen molar-refractivity contribution in [1.82, 2.24) is 14.8 Å². The summed E-state index contributed by atoms with van der Waals surface area (Å²) in [6, 6.07) is 9.01. The molecule has 0 amide bonds. The van der Waals surface area contributed by atoms with Gasteiger partial charge < -0.3 is 0 Å². The normalized spacial score (nSPS) is 10.1. The largest absolute Gasteiger partial charge is 0.311 e. The molecule has 0 aliphatic carbocycles. The molecule has 4 heteroatoms. The molecule has 0 bridgehead atoms. The zero-order chi connectivity index (χ0) is 8.39. The van der Waals surface area contributed by atoms with Crippen LogP contribution in [0.2, 0.25) is 0 Å². The fraction of sp³-hybridized carbons (Fsp3) is 0. The summed E-state index contributed by atoms with van der Waals surface area (Å²) in [6.45, 7) is 0. The van der Waals surface area contributed by atoms with E-state index < -0.39 is 6.08 Å². The van der Waals surface area contributed by atoms with E-state index in [1.165, 1.54) is 6.33 Å². The number of aromatic nitrogens is 3. The van der Waals surface area contributed by atoms with E-state index in [0.717, 1.165) is 4.68 Å². The minimum absolute atomic E-state index is 0.596. The Balaban J connectivity index is 2.51. The van der Waals surface area contributed by atoms with Crippen LogP contribution in [-0.2, 0) is 0 Å². The predicted octanol–water partition coefficient (Wildman–Crippen LogP) is 1.41. The van der Waals surface area contributed by atoms with Gasteiger partial charge in [-0.1, -0.05) is 18.2 Å². The smallest absolute Gasteiger partial charge is 0.189 e. The lowest BCUT2D eigenvalue weighted by atomic mass is 10.3. The van der Waals surface area contributed by atoms with Gasteiger partial charge in [0.25, 0.3) is 0 Å². The second-order valence-corrected chi connectivity index (χ2v) is 2.28. The molecule has 1 heterocycles. The summed E-state index contributed by atoms with van der Waals surface area (Å²) in [7, 11) is 0. The van der Waals surface area contributed by atoms with Gasteiger partial charge in [-0.2, -0.15) is 19.2 Å². The summed E-state index contributed by atoms with van der Waals surface area (Å²) in [4.78, 5) is 3.38. The molecule has 0 saturated carbocycles. The lowest BCUT2D eigenvalue weighted by molar-refractivity contribution is 0.506. The molecule has 1 aromatic carbocycles. The van der Waals surface area contributed by atoms with Gasteiger partial charge in [-0.05, 0) is 12.1 Å². The van der Waals surface area contributed by atoms with E-state index in [9.17, 15) is 4.39 Å². The number of benzene rings is 1. The molecule has 0 aliphatic heterocycles. The number of halogens is 1. The molecule has 0 spiro atoms. The van der Waals surface area contributed by atoms with E-state index >= 15 is 0 Å². The summed E-state index contributed by atoms with van der Waals surface area (Å²) in [5.74, 6) is 0. The second kappa shape index (κ2) is 2.73. The highest BCUT2D eigenvalue weighted by Crippen LogP contribution is 2.05. The van der Waals surface area contributed by atoms with Crippen molar-refractivity contribution in [2.24, 2.45) is 0 Å². The lowest BCUT2D eigenvalue weighted by Crippen LogP contribution is -1.98. The highest BCUT2D eigenvalue weighted by Gasteiger charge is 2.02. The van der Waals surface area contributed by atoms with Crippen LogP contribution in [0.3, 0.4) is 0 Å². The molecule has 0 N–H and O–H groups in total. The Kier molecular flexibility index (Phi) is 1.59. The molecule has 0 aliphatic rings. The van der Waals surface area contributed by atoms with Gasteiger partial charge >= 0.3 is 6.08 Å². The fourth-order valence-electron chi connectivity index (χ4n) is 0.970. The third-order valence-electron chi connectivity index (χ3n) is 1.51. The molecule has 0 atom stereocenters. The molecule has 12 heavy (non-hydrogen) atoms. The van der Waals surface area contributed by atoms with Crippen LogP contribution in [-0.4, -0.2) is 14.8 Å². The lowest BCUT2D eigenvalue weighted by Gasteiger charge is -1.98. The zero-order valence-electron chi connectivity index (χ0n) is 6.18. The Hall–Kier alpha value is -1.71. The number of hydrogen-bond acceptors (Lipinski definition) is 2. The Morgan fingerprint density at radius 2 is 1.92 bits per heavy atom. The average molecular weight is 163 g/mol. The first-order valence-electron chi connectivity index (χ1n) is 3.49. The summed E-state index contributed by atoms with van der Waals surface area (Å²) >= 11 is 0. The Bertz CT molecular complexity index is 369. The van der Waals surface area contributed by atoms with Crippen LogP contribution in [0.15, 0.2) is 36.7 Å². The van der Waals surface area contributed by atoms with Crippen molar-refractivity contribution < 1.29 is 4.39 Å². The molecule has 0 saturated heterocycles. The summed E-state index contributed by atoms with van der Waals surface area (Å²) < 4.78 is 14.0. The molecule has 0 radical (unpaired) electrons. The molecule has 2 aromatic rings. The van der Waals surface area contributed by atoms with Gasteiger partial charge in [0.2, 0.25) is 0 Å². The van der Waals surface area contributed by atoms with Crippen LogP contribution >= 0.6 is 0 Å². The van der Waals surface area contributed by atoms with E-state index in [1.807, 2.05) is 18.2 Å². The van der Waals surface area contributed by atoms with Gasteiger partial charge in [0.05, 0.1) is 5.69 Å². The minimum atomic E-state index is -0.596. The van der Waals surface area contributed by atoms with Crippen molar-refractivity contribution in [3.8, 4) is 5.69 Å². The van der Waals surface area contributed by atoms with Crippen LogP contribution in [0.25, 0.3) is 5.69 Å². The minimum Gasteiger partial charge on any atom is -0.189 e. The topological polar surface area (TPSA) is 30.7 Å². The molecule has 1 aromatic heterocycles. The zero-order valence-corrected chi connectivity index (χ0v) is 6.18. The van der Waals surface area contributed by atoms with Gasteiger partial charge in [0.1, 0.15) is 6.33 Å². The maximum absolute atomic E-state index is 12.8. The van der Waals surface area contributed by atoms with Gasteiger partial charge in [0.15, 0.2) is 0 Å². The van der Waals surface area contributed by atoms with Gasteiger partial charge in [-0.3, -0.25) is 0 Å². The van der Waals surface area contributed by atoms with Crippen LogP contribution in [0, 0.1) is 6.08 Å². The monoisotopic (exact) mass is 163 g/mol. The van der Waals surface area contributed by atoms with E-state index in [2.05, 4.69) is 10.1 Å². The molecule has 0 unspecified atom stereocenters. The van der Waals surface area contributed by atoms with E-state index in [0.29, 0.717) is 5.69 Å². The Morgan fingerprint density at radius 1 is 1.17 bits per heavy atom. The van der Waals surface area contributed by atoms with Crippen LogP contribution in [0.5, 0.6) is 0 Å². The van der Waals surface area contributed by atoms with Crippen LogP contribution in [0.1, 0.15) is 0 Å². The van der Waals surface area contributed by atoms with Crippen LogP contribution in [0.4, 0.5) is 4.39 Å². The fourth-order valence-corrected chi connectivity index (χ4v) is 0.970. The SMILES string of the molecule is Fc1ncnn1-c1ccccc1. The molecule has 3 nitrogen and oxygen atoms in total. The summed E-state index contributed by atoms with van der Waals surface area (Å²) in [6.07, 6.45) is 0.587. The third kappa shape index (κ3) is 1.07. The molecule has 0 fully saturated rings. The van der Waals surface area contributed by atoms with Crippen molar-refractivity contribution in [3.05, 3.63) is 42.7 Å². The highest BCUT2D eigenvalue weighted by atomic mass is 19.1. The molecule has 2 rings (SSSR count). The maximum Gasteiger partial charge on any atom is 0.311 e. The number of hydrogen-bond donors (Lipinski definition) is 0. The number of para-hydroxylation sites is 1. The maximum atomic E-state index is 12.8. The predicted molar refractivity (Wildman–Crippen MR) is 41.3 cm³/mol.